The minimum absolute atomic E-state index is 1.04. The maximum atomic E-state index is 5.45. The number of rotatable bonds is 1. The van der Waals surface area contributed by atoms with Crippen molar-refractivity contribution >= 4 is 0 Å². The monoisotopic (exact) mass is 123 g/mol. The standard InChI is InChI=1S/C7H11N2/c1-2-7-4-3-5-9(8)6-7/h3-6H,2,8H2,1H3/q+1. The molecule has 9 heavy (non-hydrogen) atoms. The molecule has 0 unspecified atom stereocenters. The Hall–Kier alpha value is -1.05. The lowest BCUT2D eigenvalue weighted by molar-refractivity contribution is -0.639. The van der Waals surface area contributed by atoms with Gasteiger partial charge in [-0.3, -0.25) is 0 Å². The van der Waals surface area contributed by atoms with Crippen molar-refractivity contribution in [1.29, 1.82) is 0 Å². The Morgan fingerprint density at radius 3 is 2.89 bits per heavy atom. The summed E-state index contributed by atoms with van der Waals surface area (Å²) in [6.45, 7) is 2.11. The van der Waals surface area contributed by atoms with Crippen molar-refractivity contribution in [1.82, 2.24) is 0 Å². The Bertz CT molecular complexity index is 196. The third-order valence-electron chi connectivity index (χ3n) is 1.29. The second kappa shape index (κ2) is 2.49. The van der Waals surface area contributed by atoms with Gasteiger partial charge in [0.2, 0.25) is 6.20 Å². The lowest BCUT2D eigenvalue weighted by Gasteiger charge is -1.89. The van der Waals surface area contributed by atoms with Crippen LogP contribution in [0.25, 0.3) is 0 Å². The van der Waals surface area contributed by atoms with Gasteiger partial charge >= 0.3 is 0 Å². The largest absolute Gasteiger partial charge is 0.205 e. The molecule has 0 fully saturated rings. The Balaban J connectivity index is 2.94. The lowest BCUT2D eigenvalue weighted by atomic mass is 10.2. The summed E-state index contributed by atoms with van der Waals surface area (Å²) < 4.78 is 1.57. The van der Waals surface area contributed by atoms with E-state index in [1.54, 1.807) is 4.68 Å². The van der Waals surface area contributed by atoms with Crippen molar-refractivity contribution < 1.29 is 4.68 Å². The summed E-state index contributed by atoms with van der Waals surface area (Å²) in [5.41, 5.74) is 1.26. The molecule has 0 amide bonds. The van der Waals surface area contributed by atoms with Gasteiger partial charge in [-0.2, -0.15) is 0 Å². The van der Waals surface area contributed by atoms with E-state index < -0.39 is 0 Å². The van der Waals surface area contributed by atoms with E-state index in [0.717, 1.165) is 6.42 Å². The van der Waals surface area contributed by atoms with Gasteiger partial charge in [-0.25, -0.2) is 5.84 Å². The number of hydrogen-bond acceptors (Lipinski definition) is 1. The van der Waals surface area contributed by atoms with Gasteiger partial charge in [0.1, 0.15) is 0 Å². The maximum absolute atomic E-state index is 5.45. The van der Waals surface area contributed by atoms with E-state index in [1.807, 2.05) is 18.5 Å². The normalized spacial score (nSPS) is 9.44. The predicted octanol–water partition coefficient (Wildman–Crippen LogP) is 0.250. The van der Waals surface area contributed by atoms with Gasteiger partial charge in [0.15, 0.2) is 6.20 Å². The van der Waals surface area contributed by atoms with Gasteiger partial charge in [0.25, 0.3) is 0 Å². The van der Waals surface area contributed by atoms with E-state index in [2.05, 4.69) is 13.0 Å². The highest BCUT2D eigenvalue weighted by molar-refractivity contribution is 5.04. The van der Waals surface area contributed by atoms with Gasteiger partial charge in [-0.1, -0.05) is 11.6 Å². The van der Waals surface area contributed by atoms with E-state index >= 15 is 0 Å². The molecule has 0 radical (unpaired) electrons. The average Bonchev–Trinajstić information content (AvgIpc) is 1.88. The van der Waals surface area contributed by atoms with Crippen molar-refractivity contribution in [2.45, 2.75) is 13.3 Å². The summed E-state index contributed by atoms with van der Waals surface area (Å²) in [4.78, 5) is 0. The molecular formula is C7H11N2+. The first-order valence-corrected chi connectivity index (χ1v) is 3.08. The fourth-order valence-electron chi connectivity index (χ4n) is 0.753. The molecule has 0 aliphatic heterocycles. The van der Waals surface area contributed by atoms with Crippen LogP contribution in [0.1, 0.15) is 12.5 Å². The van der Waals surface area contributed by atoms with Crippen molar-refractivity contribution in [3.8, 4) is 0 Å². The molecule has 1 rings (SSSR count). The van der Waals surface area contributed by atoms with Crippen LogP contribution in [0.5, 0.6) is 0 Å². The van der Waals surface area contributed by atoms with Crippen LogP contribution in [0.15, 0.2) is 24.5 Å². The minimum atomic E-state index is 1.04. The Labute approximate surface area is 54.9 Å². The molecule has 1 aromatic rings. The van der Waals surface area contributed by atoms with Gasteiger partial charge in [0, 0.05) is 11.6 Å². The molecule has 1 aromatic heterocycles. The molecule has 48 valence electrons. The highest BCUT2D eigenvalue weighted by Gasteiger charge is 1.93. The van der Waals surface area contributed by atoms with Crippen LogP contribution in [-0.4, -0.2) is 0 Å². The summed E-state index contributed by atoms with van der Waals surface area (Å²) in [6.07, 6.45) is 4.78. The number of hydrogen-bond donors (Lipinski definition) is 1. The number of nitrogens with two attached hydrogens (primary N) is 1. The van der Waals surface area contributed by atoms with Gasteiger partial charge < -0.3 is 0 Å². The third-order valence-corrected chi connectivity index (χ3v) is 1.29. The quantitative estimate of drug-likeness (QED) is 0.421. The van der Waals surface area contributed by atoms with Crippen LogP contribution in [0.3, 0.4) is 0 Å². The second-order valence-electron chi connectivity index (χ2n) is 2.01. The van der Waals surface area contributed by atoms with Crippen molar-refractivity contribution in [3.63, 3.8) is 0 Å². The maximum Gasteiger partial charge on any atom is 0.202 e. The molecule has 2 heteroatoms. The number of aromatic nitrogens is 1. The summed E-state index contributed by atoms with van der Waals surface area (Å²) in [7, 11) is 0. The average molecular weight is 123 g/mol. The Morgan fingerprint density at radius 2 is 2.44 bits per heavy atom. The van der Waals surface area contributed by atoms with Gasteiger partial charge in [-0.05, 0) is 12.5 Å². The fraction of sp³-hybridized carbons (Fsp3) is 0.286. The molecule has 0 aliphatic carbocycles. The minimum Gasteiger partial charge on any atom is -0.205 e. The molecule has 0 bridgehead atoms. The summed E-state index contributed by atoms with van der Waals surface area (Å²) in [5.74, 6) is 5.45. The summed E-state index contributed by atoms with van der Waals surface area (Å²) in [5, 5.41) is 0. The summed E-state index contributed by atoms with van der Waals surface area (Å²) in [6, 6.07) is 4.00. The van der Waals surface area contributed by atoms with Crippen LogP contribution in [-0.2, 0) is 6.42 Å². The first-order chi connectivity index (χ1) is 4.33. The zero-order valence-electron chi connectivity index (χ0n) is 5.54. The molecule has 2 N–H and O–H groups in total. The van der Waals surface area contributed by atoms with E-state index in [1.165, 1.54) is 5.56 Å². The van der Waals surface area contributed by atoms with Crippen LogP contribution < -0.4 is 10.5 Å². The molecule has 0 saturated carbocycles. The summed E-state index contributed by atoms with van der Waals surface area (Å²) >= 11 is 0. The molecule has 0 saturated heterocycles. The first-order valence-electron chi connectivity index (χ1n) is 3.08. The SMILES string of the molecule is CCc1ccc[n+](N)c1. The van der Waals surface area contributed by atoms with Crippen LogP contribution in [0, 0.1) is 0 Å². The van der Waals surface area contributed by atoms with Crippen molar-refractivity contribution in [3.05, 3.63) is 30.1 Å². The number of nitrogens with zero attached hydrogens (tertiary/aromatic N) is 1. The predicted molar refractivity (Wildman–Crippen MR) is 36.2 cm³/mol. The third kappa shape index (κ3) is 1.42. The van der Waals surface area contributed by atoms with E-state index in [-0.39, 0.29) is 0 Å². The number of aryl methyl sites for hydroxylation is 1. The number of pyridine rings is 1. The van der Waals surface area contributed by atoms with Crippen molar-refractivity contribution in [2.24, 2.45) is 0 Å². The molecule has 0 spiro atoms. The molecule has 0 atom stereocenters. The molecular weight excluding hydrogens is 112 g/mol. The van der Waals surface area contributed by atoms with Crippen molar-refractivity contribution in [2.75, 3.05) is 5.84 Å². The molecule has 2 nitrogen and oxygen atoms in total. The molecule has 0 aromatic carbocycles. The van der Waals surface area contributed by atoms with E-state index in [0.29, 0.717) is 0 Å². The Morgan fingerprint density at radius 1 is 1.67 bits per heavy atom. The zero-order chi connectivity index (χ0) is 6.69. The zero-order valence-corrected chi connectivity index (χ0v) is 5.54. The van der Waals surface area contributed by atoms with Crippen LogP contribution in [0.4, 0.5) is 0 Å². The highest BCUT2D eigenvalue weighted by atomic mass is 15.3. The van der Waals surface area contributed by atoms with E-state index in [4.69, 9.17) is 5.84 Å². The Kier molecular flexibility index (Phi) is 1.68. The van der Waals surface area contributed by atoms with Gasteiger partial charge in [0.05, 0.1) is 0 Å². The highest BCUT2D eigenvalue weighted by Crippen LogP contribution is 1.92. The van der Waals surface area contributed by atoms with Crippen LogP contribution in [0.2, 0.25) is 0 Å². The molecule has 0 aliphatic rings. The van der Waals surface area contributed by atoms with Gasteiger partial charge in [-0.15, -0.1) is 0 Å². The smallest absolute Gasteiger partial charge is 0.202 e. The molecule has 1 heterocycles. The number of nitrogen functional groups attached to an aromatic ring is 1. The first kappa shape index (κ1) is 6.08. The second-order valence-corrected chi connectivity index (χ2v) is 2.01. The topological polar surface area (TPSA) is 29.9 Å². The fourth-order valence-corrected chi connectivity index (χ4v) is 0.753. The lowest BCUT2D eigenvalue weighted by Crippen LogP contribution is -2.43. The van der Waals surface area contributed by atoms with E-state index in [9.17, 15) is 0 Å². The van der Waals surface area contributed by atoms with Crippen LogP contribution >= 0.6 is 0 Å².